The lowest BCUT2D eigenvalue weighted by Crippen LogP contribution is -2.11. The van der Waals surface area contributed by atoms with Crippen LogP contribution in [0.2, 0.25) is 0 Å². The number of thiophene rings is 1. The van der Waals surface area contributed by atoms with Gasteiger partial charge in [-0.25, -0.2) is 13.2 Å². The van der Waals surface area contributed by atoms with Crippen molar-refractivity contribution in [1.29, 1.82) is 0 Å². The van der Waals surface area contributed by atoms with Gasteiger partial charge in [-0.2, -0.15) is 0 Å². The van der Waals surface area contributed by atoms with Crippen LogP contribution in [0, 0.1) is 0 Å². The van der Waals surface area contributed by atoms with E-state index in [-0.39, 0.29) is 9.77 Å². The minimum Gasteiger partial charge on any atom is -0.478 e. The Balaban J connectivity index is 1.87. The van der Waals surface area contributed by atoms with Crippen LogP contribution in [0.4, 0.5) is 5.69 Å². The average Bonchev–Trinajstić information content (AvgIpc) is 3.07. The first-order chi connectivity index (χ1) is 9.95. The number of rotatable bonds is 4. The fraction of sp³-hybridized carbons (Fsp3) is 0.214. The Labute approximate surface area is 126 Å². The van der Waals surface area contributed by atoms with Crippen molar-refractivity contribution in [1.82, 2.24) is 0 Å². The second-order valence-electron chi connectivity index (χ2n) is 4.90. The van der Waals surface area contributed by atoms with Crippen LogP contribution in [-0.2, 0) is 22.9 Å². The van der Waals surface area contributed by atoms with Gasteiger partial charge in [0.05, 0.1) is 5.56 Å². The van der Waals surface area contributed by atoms with Crippen LogP contribution in [-0.4, -0.2) is 19.5 Å². The van der Waals surface area contributed by atoms with Crippen LogP contribution >= 0.6 is 11.3 Å². The summed E-state index contributed by atoms with van der Waals surface area (Å²) < 4.78 is 27.0. The number of hydrogen-bond acceptors (Lipinski definition) is 4. The molecular weight excluding hydrogens is 310 g/mol. The maximum Gasteiger partial charge on any atom is 0.336 e. The molecule has 21 heavy (non-hydrogen) atoms. The standard InChI is InChI=1S/C14H13NO4S2/c16-14(17)11-7-13(20-8-11)21(18,19)15-12-5-4-9-2-1-3-10(9)6-12/h4-8,15H,1-3H2,(H,16,17). The van der Waals surface area contributed by atoms with Crippen LogP contribution in [0.25, 0.3) is 0 Å². The Morgan fingerprint density at radius 1 is 1.19 bits per heavy atom. The topological polar surface area (TPSA) is 83.5 Å². The molecule has 0 fully saturated rings. The first kappa shape index (κ1) is 14.1. The predicted octanol–water partition coefficient (Wildman–Crippen LogP) is 2.74. The molecule has 1 aromatic heterocycles. The van der Waals surface area contributed by atoms with Gasteiger partial charge in [-0.1, -0.05) is 6.07 Å². The molecule has 0 radical (unpaired) electrons. The molecule has 2 N–H and O–H groups in total. The molecule has 0 saturated heterocycles. The average molecular weight is 323 g/mol. The normalized spacial score (nSPS) is 13.9. The second kappa shape index (κ2) is 5.16. The van der Waals surface area contributed by atoms with Crippen molar-refractivity contribution in [3.8, 4) is 0 Å². The summed E-state index contributed by atoms with van der Waals surface area (Å²) in [5.74, 6) is -1.13. The first-order valence-corrected chi connectivity index (χ1v) is 8.78. The van der Waals surface area contributed by atoms with Gasteiger partial charge in [0, 0.05) is 11.1 Å². The van der Waals surface area contributed by atoms with Crippen LogP contribution < -0.4 is 4.72 Å². The van der Waals surface area contributed by atoms with Gasteiger partial charge in [0.2, 0.25) is 0 Å². The highest BCUT2D eigenvalue weighted by molar-refractivity contribution is 7.94. The van der Waals surface area contributed by atoms with Crippen LogP contribution in [0.3, 0.4) is 0 Å². The number of carboxylic acid groups (broad SMARTS) is 1. The van der Waals surface area contributed by atoms with E-state index in [1.807, 2.05) is 12.1 Å². The van der Waals surface area contributed by atoms with Crippen LogP contribution in [0.15, 0.2) is 33.9 Å². The van der Waals surface area contributed by atoms with E-state index in [1.54, 1.807) is 6.07 Å². The summed E-state index contributed by atoms with van der Waals surface area (Å²) in [4.78, 5) is 10.8. The fourth-order valence-corrected chi connectivity index (χ4v) is 4.61. The minimum absolute atomic E-state index is 0.000369. The number of anilines is 1. The van der Waals surface area contributed by atoms with Crippen molar-refractivity contribution >= 4 is 33.0 Å². The number of aryl methyl sites for hydroxylation is 2. The maximum absolute atomic E-state index is 12.2. The van der Waals surface area contributed by atoms with E-state index in [2.05, 4.69) is 4.72 Å². The van der Waals surface area contributed by atoms with Crippen molar-refractivity contribution in [2.75, 3.05) is 4.72 Å². The lowest BCUT2D eigenvalue weighted by molar-refractivity contribution is 0.0697. The molecule has 0 saturated carbocycles. The van der Waals surface area contributed by atoms with E-state index in [4.69, 9.17) is 5.11 Å². The summed E-state index contributed by atoms with van der Waals surface area (Å²) in [7, 11) is -3.74. The fourth-order valence-electron chi connectivity index (χ4n) is 2.41. The van der Waals surface area contributed by atoms with Gasteiger partial charge in [0.15, 0.2) is 0 Å². The monoisotopic (exact) mass is 323 g/mol. The Bertz CT molecular complexity index is 808. The molecule has 0 atom stereocenters. The maximum atomic E-state index is 12.2. The van der Waals surface area contributed by atoms with Gasteiger partial charge in [-0.15, -0.1) is 11.3 Å². The molecule has 0 bridgehead atoms. The van der Waals surface area contributed by atoms with Gasteiger partial charge in [0.25, 0.3) is 10.0 Å². The van der Waals surface area contributed by atoms with Gasteiger partial charge in [-0.3, -0.25) is 4.72 Å². The lowest BCUT2D eigenvalue weighted by Gasteiger charge is -2.08. The predicted molar refractivity (Wildman–Crippen MR) is 80.6 cm³/mol. The third kappa shape index (κ3) is 2.79. The first-order valence-electron chi connectivity index (χ1n) is 6.42. The van der Waals surface area contributed by atoms with Gasteiger partial charge >= 0.3 is 5.97 Å². The van der Waals surface area contributed by atoms with Gasteiger partial charge < -0.3 is 5.11 Å². The van der Waals surface area contributed by atoms with Crippen molar-refractivity contribution in [3.05, 3.63) is 46.3 Å². The highest BCUT2D eigenvalue weighted by atomic mass is 32.2. The summed E-state index contributed by atoms with van der Waals surface area (Å²) in [5, 5.41) is 10.2. The lowest BCUT2D eigenvalue weighted by atomic mass is 10.1. The Morgan fingerprint density at radius 3 is 2.67 bits per heavy atom. The smallest absolute Gasteiger partial charge is 0.336 e. The highest BCUT2D eigenvalue weighted by Crippen LogP contribution is 2.27. The Morgan fingerprint density at radius 2 is 1.95 bits per heavy atom. The zero-order valence-corrected chi connectivity index (χ0v) is 12.6. The molecule has 1 aromatic carbocycles. The molecular formula is C14H13NO4S2. The van der Waals surface area contributed by atoms with Gasteiger partial charge in [0.1, 0.15) is 4.21 Å². The van der Waals surface area contributed by atoms with E-state index >= 15 is 0 Å². The summed E-state index contributed by atoms with van der Waals surface area (Å²) >= 11 is 0.898. The van der Waals surface area contributed by atoms with E-state index in [9.17, 15) is 13.2 Å². The van der Waals surface area contributed by atoms with Crippen molar-refractivity contribution in [2.45, 2.75) is 23.5 Å². The Kier molecular flexibility index (Phi) is 3.46. The SMILES string of the molecule is O=C(O)c1csc(S(=O)(=O)Nc2ccc3c(c2)CCC3)c1. The molecule has 3 rings (SSSR count). The molecule has 5 nitrogen and oxygen atoms in total. The van der Waals surface area contributed by atoms with E-state index in [0.717, 1.165) is 30.6 Å². The molecule has 0 spiro atoms. The van der Waals surface area contributed by atoms with E-state index in [0.29, 0.717) is 5.69 Å². The third-order valence-corrected chi connectivity index (χ3v) is 6.26. The van der Waals surface area contributed by atoms with Crippen LogP contribution in [0.1, 0.15) is 27.9 Å². The van der Waals surface area contributed by atoms with E-state index in [1.165, 1.54) is 22.6 Å². The van der Waals surface area contributed by atoms with Gasteiger partial charge in [-0.05, 0) is 48.6 Å². The number of hydrogen-bond donors (Lipinski definition) is 2. The number of sulfonamides is 1. The molecule has 2 aromatic rings. The Hall–Kier alpha value is -1.86. The van der Waals surface area contributed by atoms with Crippen molar-refractivity contribution < 1.29 is 18.3 Å². The summed E-state index contributed by atoms with van der Waals surface area (Å²) in [5.41, 5.74) is 2.94. The molecule has 1 aliphatic rings. The second-order valence-corrected chi connectivity index (χ2v) is 7.72. The largest absolute Gasteiger partial charge is 0.478 e. The summed E-state index contributed by atoms with van der Waals surface area (Å²) in [6, 6.07) is 6.71. The van der Waals surface area contributed by atoms with E-state index < -0.39 is 16.0 Å². The molecule has 110 valence electrons. The number of fused-ring (bicyclic) bond motifs is 1. The molecule has 0 aliphatic heterocycles. The number of carbonyl (C=O) groups is 1. The molecule has 7 heteroatoms. The van der Waals surface area contributed by atoms with Crippen molar-refractivity contribution in [3.63, 3.8) is 0 Å². The molecule has 0 amide bonds. The summed E-state index contributed by atoms with van der Waals surface area (Å²) in [6.07, 6.45) is 3.10. The molecule has 1 heterocycles. The molecule has 1 aliphatic carbocycles. The molecule has 0 unspecified atom stereocenters. The number of carboxylic acids is 1. The third-order valence-electron chi connectivity index (χ3n) is 3.44. The number of aromatic carboxylic acids is 1. The number of nitrogens with one attached hydrogen (secondary N) is 1. The highest BCUT2D eigenvalue weighted by Gasteiger charge is 2.20. The quantitative estimate of drug-likeness (QED) is 0.906. The minimum atomic E-state index is -3.74. The zero-order valence-electron chi connectivity index (χ0n) is 11.0. The summed E-state index contributed by atoms with van der Waals surface area (Å²) in [6.45, 7) is 0. The zero-order chi connectivity index (χ0) is 15.0. The van der Waals surface area contributed by atoms with Crippen molar-refractivity contribution in [2.24, 2.45) is 0 Å². The number of benzene rings is 1. The van der Waals surface area contributed by atoms with Crippen LogP contribution in [0.5, 0.6) is 0 Å².